The summed E-state index contributed by atoms with van der Waals surface area (Å²) in [6, 6.07) is 9.84. The Labute approximate surface area is 184 Å². The van der Waals surface area contributed by atoms with E-state index in [2.05, 4.69) is 15.6 Å². The fourth-order valence-corrected chi connectivity index (χ4v) is 5.42. The van der Waals surface area contributed by atoms with Crippen LogP contribution in [0.25, 0.3) is 11.0 Å². The molecule has 0 bridgehead atoms. The van der Waals surface area contributed by atoms with Gasteiger partial charge < -0.3 is 10.2 Å². The van der Waals surface area contributed by atoms with Crippen LogP contribution < -0.4 is 10.2 Å². The number of hydrogen-bond acceptors (Lipinski definition) is 6. The zero-order valence-electron chi connectivity index (χ0n) is 16.9. The Morgan fingerprint density at radius 3 is 2.71 bits per heavy atom. The molecule has 9 nitrogen and oxygen atoms in total. The van der Waals surface area contributed by atoms with E-state index >= 15 is 0 Å². The predicted octanol–water partition coefficient (Wildman–Crippen LogP) is 2.64. The molecule has 2 aromatic carbocycles. The van der Waals surface area contributed by atoms with Gasteiger partial charge in [0, 0.05) is 23.8 Å². The molecule has 4 rings (SSSR count). The number of anilines is 1. The smallest absolute Gasteiger partial charge is 0.265 e. The van der Waals surface area contributed by atoms with Crippen LogP contribution in [-0.4, -0.2) is 53.5 Å². The van der Waals surface area contributed by atoms with Crippen molar-refractivity contribution in [3.05, 3.63) is 47.0 Å². The largest absolute Gasteiger partial charge is 0.385 e. The first-order chi connectivity index (χ1) is 14.8. The van der Waals surface area contributed by atoms with Gasteiger partial charge >= 0.3 is 0 Å². The average molecular weight is 464 g/mol. The molecule has 1 aromatic heterocycles. The second-order valence-electron chi connectivity index (χ2n) is 7.36. The molecule has 31 heavy (non-hydrogen) atoms. The molecule has 2 heterocycles. The summed E-state index contributed by atoms with van der Waals surface area (Å²) < 4.78 is 27.6. The second kappa shape index (κ2) is 8.81. The monoisotopic (exact) mass is 463 g/mol. The number of hydrogen-bond donors (Lipinski definition) is 1. The van der Waals surface area contributed by atoms with Crippen LogP contribution in [0.15, 0.2) is 41.3 Å². The molecule has 1 N–H and O–H groups in total. The molecule has 0 spiro atoms. The molecule has 1 aliphatic heterocycles. The molecule has 1 saturated heterocycles. The minimum absolute atomic E-state index is 0.199. The molecule has 11 heteroatoms. The molecule has 0 saturated carbocycles. The van der Waals surface area contributed by atoms with Crippen LogP contribution in [0.5, 0.6) is 0 Å². The number of sulfonamides is 1. The number of carbonyl (C=O) groups is 1. The maximum absolute atomic E-state index is 13.0. The summed E-state index contributed by atoms with van der Waals surface area (Å²) in [4.78, 5) is 19.1. The van der Waals surface area contributed by atoms with Crippen LogP contribution in [0.2, 0.25) is 5.02 Å². The van der Waals surface area contributed by atoms with Crippen LogP contribution in [0.3, 0.4) is 0 Å². The summed E-state index contributed by atoms with van der Waals surface area (Å²) in [5.74, 6) is -0.462. The summed E-state index contributed by atoms with van der Waals surface area (Å²) in [6.07, 6.45) is 2.75. The van der Waals surface area contributed by atoms with E-state index in [4.69, 9.17) is 16.4 Å². The van der Waals surface area contributed by atoms with E-state index in [0.29, 0.717) is 40.4 Å². The van der Waals surface area contributed by atoms with Crippen molar-refractivity contribution in [1.29, 1.82) is 0 Å². The van der Waals surface area contributed by atoms with Gasteiger partial charge in [0.15, 0.2) is 6.61 Å². The Kier molecular flexibility index (Phi) is 6.12. The fourth-order valence-electron chi connectivity index (χ4n) is 3.48. The van der Waals surface area contributed by atoms with Crippen molar-refractivity contribution in [2.24, 2.45) is 0 Å². The lowest BCUT2D eigenvalue weighted by atomic mass is 10.2. The molecule has 3 aromatic rings. The van der Waals surface area contributed by atoms with Gasteiger partial charge in [-0.1, -0.05) is 28.9 Å². The lowest BCUT2D eigenvalue weighted by molar-refractivity contribution is -0.121. The number of halogens is 1. The highest BCUT2D eigenvalue weighted by molar-refractivity contribution is 7.89. The van der Waals surface area contributed by atoms with Crippen LogP contribution in [0.1, 0.15) is 24.8 Å². The second-order valence-corrected chi connectivity index (χ2v) is 9.70. The van der Waals surface area contributed by atoms with Gasteiger partial charge in [0.05, 0.1) is 4.90 Å². The maximum atomic E-state index is 13.0. The molecule has 0 atom stereocenters. The predicted molar refractivity (Wildman–Crippen MR) is 116 cm³/mol. The number of amides is 1. The topological polar surface area (TPSA) is 106 Å². The SMILES string of the molecule is Cc1ccc(NC(=O)COn2nnc3ccc(Cl)cc32)cc1S(=O)(=O)N1CCCCC1. The third kappa shape index (κ3) is 4.65. The number of rotatable bonds is 6. The van der Waals surface area contributed by atoms with Gasteiger partial charge in [-0.05, 0) is 60.9 Å². The zero-order valence-corrected chi connectivity index (χ0v) is 18.5. The van der Waals surface area contributed by atoms with Gasteiger partial charge in [-0.25, -0.2) is 8.42 Å². The summed E-state index contributed by atoms with van der Waals surface area (Å²) in [7, 11) is -3.61. The molecular weight excluding hydrogens is 442 g/mol. The lowest BCUT2D eigenvalue weighted by Gasteiger charge is -2.26. The van der Waals surface area contributed by atoms with Crippen molar-refractivity contribution < 1.29 is 18.0 Å². The van der Waals surface area contributed by atoms with E-state index in [1.54, 1.807) is 37.3 Å². The van der Waals surface area contributed by atoms with Gasteiger partial charge in [0.2, 0.25) is 10.0 Å². The van der Waals surface area contributed by atoms with E-state index in [-0.39, 0.29) is 11.5 Å². The van der Waals surface area contributed by atoms with E-state index < -0.39 is 15.9 Å². The lowest BCUT2D eigenvalue weighted by Crippen LogP contribution is -2.36. The van der Waals surface area contributed by atoms with Gasteiger partial charge in [0.25, 0.3) is 5.91 Å². The molecule has 1 aliphatic rings. The number of carbonyl (C=O) groups excluding carboxylic acids is 1. The van der Waals surface area contributed by atoms with E-state index in [9.17, 15) is 13.2 Å². The molecular formula is C20H22ClN5O4S. The van der Waals surface area contributed by atoms with Crippen LogP contribution in [-0.2, 0) is 14.8 Å². The number of nitrogens with one attached hydrogen (secondary N) is 1. The first-order valence-corrected chi connectivity index (χ1v) is 11.7. The summed E-state index contributed by atoms with van der Waals surface area (Å²) in [5.41, 5.74) is 2.12. The van der Waals surface area contributed by atoms with Crippen LogP contribution >= 0.6 is 11.6 Å². The number of nitrogens with zero attached hydrogens (tertiary/aromatic N) is 4. The molecule has 0 aliphatic carbocycles. The van der Waals surface area contributed by atoms with Crippen molar-refractivity contribution >= 4 is 44.3 Å². The number of fused-ring (bicyclic) bond motifs is 1. The minimum atomic E-state index is -3.61. The van der Waals surface area contributed by atoms with Crippen molar-refractivity contribution in [2.75, 3.05) is 25.0 Å². The van der Waals surface area contributed by atoms with Gasteiger partial charge in [0.1, 0.15) is 11.0 Å². The number of aryl methyl sites for hydroxylation is 1. The highest BCUT2D eigenvalue weighted by Crippen LogP contribution is 2.26. The maximum Gasteiger partial charge on any atom is 0.265 e. The van der Waals surface area contributed by atoms with Gasteiger partial charge in [-0.3, -0.25) is 4.79 Å². The Bertz CT molecular complexity index is 1220. The molecule has 1 amide bonds. The number of aromatic nitrogens is 3. The van der Waals surface area contributed by atoms with Gasteiger partial charge in [-0.15, -0.1) is 5.10 Å². The third-order valence-corrected chi connectivity index (χ3v) is 7.38. The Hall–Kier alpha value is -2.69. The number of piperidine rings is 1. The number of benzene rings is 2. The highest BCUT2D eigenvalue weighted by Gasteiger charge is 2.27. The van der Waals surface area contributed by atoms with Crippen LogP contribution in [0.4, 0.5) is 5.69 Å². The Morgan fingerprint density at radius 1 is 1.16 bits per heavy atom. The Morgan fingerprint density at radius 2 is 1.94 bits per heavy atom. The third-order valence-electron chi connectivity index (χ3n) is 5.10. The van der Waals surface area contributed by atoms with E-state index in [0.717, 1.165) is 24.1 Å². The van der Waals surface area contributed by atoms with Crippen molar-refractivity contribution in [3.8, 4) is 0 Å². The molecule has 0 unspecified atom stereocenters. The first-order valence-electron chi connectivity index (χ1n) is 9.89. The van der Waals surface area contributed by atoms with E-state index in [1.807, 2.05) is 0 Å². The van der Waals surface area contributed by atoms with E-state index in [1.165, 1.54) is 10.4 Å². The Balaban J connectivity index is 1.46. The van der Waals surface area contributed by atoms with Crippen molar-refractivity contribution in [3.63, 3.8) is 0 Å². The summed E-state index contributed by atoms with van der Waals surface area (Å²) in [5, 5.41) is 11.0. The molecule has 1 fully saturated rings. The summed E-state index contributed by atoms with van der Waals surface area (Å²) >= 11 is 5.98. The highest BCUT2D eigenvalue weighted by atomic mass is 35.5. The minimum Gasteiger partial charge on any atom is -0.385 e. The quantitative estimate of drug-likeness (QED) is 0.602. The summed E-state index contributed by atoms with van der Waals surface area (Å²) in [6.45, 7) is 2.43. The first kappa shape index (κ1) is 21.5. The van der Waals surface area contributed by atoms with Crippen LogP contribution in [0, 0.1) is 6.92 Å². The van der Waals surface area contributed by atoms with Crippen molar-refractivity contribution in [1.82, 2.24) is 19.5 Å². The molecule has 164 valence electrons. The normalized spacial score (nSPS) is 15.2. The van der Waals surface area contributed by atoms with Gasteiger partial charge in [-0.2, -0.15) is 4.31 Å². The fraction of sp³-hybridized carbons (Fsp3) is 0.350. The molecule has 0 radical (unpaired) electrons. The zero-order chi connectivity index (χ0) is 22.0. The average Bonchev–Trinajstić information content (AvgIpc) is 3.16. The standard InChI is InChI=1S/C20H22ClN5O4S/c1-14-5-7-16(12-19(14)31(28,29)25-9-3-2-4-10-25)22-20(27)13-30-26-18-11-15(21)6-8-17(18)23-24-26/h5-8,11-12H,2-4,9-10,13H2,1H3,(H,22,27). The van der Waals surface area contributed by atoms with Crippen molar-refractivity contribution in [2.45, 2.75) is 31.1 Å².